The second kappa shape index (κ2) is 8.51. The Balaban J connectivity index is 1.86. The van der Waals surface area contributed by atoms with Gasteiger partial charge in [-0.2, -0.15) is 0 Å². The molecule has 0 aromatic heterocycles. The van der Waals surface area contributed by atoms with Gasteiger partial charge in [-0.3, -0.25) is 9.59 Å². The molecule has 2 aromatic rings. The first kappa shape index (κ1) is 19.3. The van der Waals surface area contributed by atoms with Gasteiger partial charge >= 0.3 is 5.97 Å². The fourth-order valence-electron chi connectivity index (χ4n) is 2.91. The molecule has 8 nitrogen and oxygen atoms in total. The summed E-state index contributed by atoms with van der Waals surface area (Å²) in [6, 6.07) is 9.24. The highest BCUT2D eigenvalue weighted by molar-refractivity contribution is 5.96. The van der Waals surface area contributed by atoms with Crippen molar-refractivity contribution >= 4 is 11.9 Å². The quantitative estimate of drug-likeness (QED) is 0.752. The lowest BCUT2D eigenvalue weighted by Gasteiger charge is -2.22. The third kappa shape index (κ3) is 4.28. The van der Waals surface area contributed by atoms with Crippen molar-refractivity contribution in [2.24, 2.45) is 0 Å². The summed E-state index contributed by atoms with van der Waals surface area (Å²) < 4.78 is 21.5. The minimum absolute atomic E-state index is 0.264. The maximum Gasteiger partial charge on any atom is 0.305 e. The summed E-state index contributed by atoms with van der Waals surface area (Å²) in [6.07, 6.45) is -0.264. The van der Waals surface area contributed by atoms with Gasteiger partial charge in [0.05, 0.1) is 26.7 Å². The van der Waals surface area contributed by atoms with Crippen LogP contribution in [0.15, 0.2) is 36.4 Å². The van der Waals surface area contributed by atoms with Gasteiger partial charge in [-0.1, -0.05) is 12.1 Å². The molecule has 3 rings (SSSR count). The molecule has 0 unspecified atom stereocenters. The molecule has 0 fully saturated rings. The van der Waals surface area contributed by atoms with Crippen LogP contribution < -0.4 is 24.3 Å². The molecule has 1 heterocycles. The van der Waals surface area contributed by atoms with E-state index in [4.69, 9.17) is 18.9 Å². The lowest BCUT2D eigenvalue weighted by molar-refractivity contribution is -0.137. The maximum atomic E-state index is 12.8. The Hall–Kier alpha value is -3.42. The van der Waals surface area contributed by atoms with Crippen LogP contribution in [0.25, 0.3) is 0 Å². The second-order valence-electron chi connectivity index (χ2n) is 6.10. The molecular formula is C20H21NO7. The van der Waals surface area contributed by atoms with E-state index in [0.29, 0.717) is 41.8 Å². The monoisotopic (exact) mass is 387 g/mol. The van der Waals surface area contributed by atoms with Gasteiger partial charge in [0.25, 0.3) is 5.91 Å². The van der Waals surface area contributed by atoms with E-state index in [-0.39, 0.29) is 12.0 Å². The Morgan fingerprint density at radius 3 is 2.46 bits per heavy atom. The van der Waals surface area contributed by atoms with Crippen molar-refractivity contribution < 1.29 is 33.6 Å². The minimum Gasteiger partial charge on any atom is -0.497 e. The van der Waals surface area contributed by atoms with Crippen LogP contribution in [0.2, 0.25) is 0 Å². The summed E-state index contributed by atoms with van der Waals surface area (Å²) in [4.78, 5) is 24.1. The molecular weight excluding hydrogens is 366 g/mol. The van der Waals surface area contributed by atoms with E-state index < -0.39 is 17.9 Å². The molecule has 8 heteroatoms. The van der Waals surface area contributed by atoms with E-state index in [1.165, 1.54) is 13.2 Å². The number of carbonyl (C=O) groups excluding carboxylic acids is 1. The Labute approximate surface area is 162 Å². The van der Waals surface area contributed by atoms with Crippen molar-refractivity contribution in [1.82, 2.24) is 5.32 Å². The van der Waals surface area contributed by atoms with Gasteiger partial charge in [0.2, 0.25) is 5.75 Å². The van der Waals surface area contributed by atoms with Crippen molar-refractivity contribution in [2.75, 3.05) is 27.4 Å². The number of rotatable bonds is 7. The zero-order valence-corrected chi connectivity index (χ0v) is 15.6. The van der Waals surface area contributed by atoms with Crippen molar-refractivity contribution in [3.8, 4) is 23.0 Å². The number of hydrogen-bond donors (Lipinski definition) is 2. The largest absolute Gasteiger partial charge is 0.497 e. The van der Waals surface area contributed by atoms with Gasteiger partial charge in [-0.05, 0) is 29.8 Å². The van der Waals surface area contributed by atoms with Crippen LogP contribution in [-0.4, -0.2) is 44.4 Å². The first-order valence-corrected chi connectivity index (χ1v) is 8.66. The fraction of sp³-hybridized carbons (Fsp3) is 0.300. The van der Waals surface area contributed by atoms with Gasteiger partial charge in [0.15, 0.2) is 11.5 Å². The molecule has 0 spiro atoms. The molecule has 1 atom stereocenters. The number of nitrogens with one attached hydrogen (secondary N) is 1. The minimum atomic E-state index is -1.03. The molecule has 0 radical (unpaired) electrons. The molecule has 1 aliphatic rings. The van der Waals surface area contributed by atoms with E-state index in [0.717, 1.165) is 0 Å². The van der Waals surface area contributed by atoms with Crippen LogP contribution in [0.1, 0.15) is 28.4 Å². The molecule has 2 aromatic carbocycles. The average molecular weight is 387 g/mol. The normalized spacial score (nSPS) is 13.4. The number of carbonyl (C=O) groups is 2. The number of methoxy groups -OCH3 is 2. The highest BCUT2D eigenvalue weighted by atomic mass is 16.6. The average Bonchev–Trinajstić information content (AvgIpc) is 2.72. The van der Waals surface area contributed by atoms with Crippen LogP contribution >= 0.6 is 0 Å². The van der Waals surface area contributed by atoms with Gasteiger partial charge < -0.3 is 29.4 Å². The number of carboxylic acid groups (broad SMARTS) is 1. The van der Waals surface area contributed by atoms with Gasteiger partial charge in [0, 0.05) is 5.56 Å². The van der Waals surface area contributed by atoms with Crippen molar-refractivity contribution in [3.63, 3.8) is 0 Å². The summed E-state index contributed by atoms with van der Waals surface area (Å²) in [6.45, 7) is 0.766. The van der Waals surface area contributed by atoms with Gasteiger partial charge in [0.1, 0.15) is 19.0 Å². The Kier molecular flexibility index (Phi) is 5.88. The SMILES string of the molecule is COc1ccc([C@@H](CC(=O)O)NC(=O)c2cc(OC)c3c(c2)OCCO3)cc1. The van der Waals surface area contributed by atoms with E-state index in [9.17, 15) is 14.7 Å². The molecule has 148 valence electrons. The van der Waals surface area contributed by atoms with Crippen molar-refractivity contribution in [2.45, 2.75) is 12.5 Å². The molecule has 0 saturated heterocycles. The molecule has 1 aliphatic heterocycles. The highest BCUT2D eigenvalue weighted by Crippen LogP contribution is 2.40. The van der Waals surface area contributed by atoms with Crippen LogP contribution in [0.4, 0.5) is 0 Å². The van der Waals surface area contributed by atoms with Gasteiger partial charge in [-0.15, -0.1) is 0 Å². The van der Waals surface area contributed by atoms with Crippen molar-refractivity contribution in [3.05, 3.63) is 47.5 Å². The molecule has 0 aliphatic carbocycles. The highest BCUT2D eigenvalue weighted by Gasteiger charge is 2.23. The maximum absolute atomic E-state index is 12.8. The number of carboxylic acids is 1. The Morgan fingerprint density at radius 2 is 1.82 bits per heavy atom. The van der Waals surface area contributed by atoms with Crippen LogP contribution in [0.3, 0.4) is 0 Å². The van der Waals surface area contributed by atoms with E-state index >= 15 is 0 Å². The zero-order chi connectivity index (χ0) is 20.1. The molecule has 2 N–H and O–H groups in total. The Morgan fingerprint density at radius 1 is 1.11 bits per heavy atom. The number of hydrogen-bond acceptors (Lipinski definition) is 6. The Bertz CT molecular complexity index is 846. The predicted molar refractivity (Wildman–Crippen MR) is 99.4 cm³/mol. The first-order valence-electron chi connectivity index (χ1n) is 8.66. The third-order valence-corrected chi connectivity index (χ3v) is 4.29. The number of ether oxygens (including phenoxy) is 4. The fourth-order valence-corrected chi connectivity index (χ4v) is 2.91. The van der Waals surface area contributed by atoms with Crippen molar-refractivity contribution in [1.29, 1.82) is 0 Å². The standard InChI is InChI=1S/C20H21NO7/c1-25-14-5-3-12(4-6-14)15(11-18(22)23)21-20(24)13-9-16(26-2)19-17(10-13)27-7-8-28-19/h3-6,9-10,15H,7-8,11H2,1-2H3,(H,21,24)(H,22,23)/t15-/m1/s1. The third-order valence-electron chi connectivity index (χ3n) is 4.29. The molecule has 28 heavy (non-hydrogen) atoms. The van der Waals surface area contributed by atoms with E-state index in [1.54, 1.807) is 37.4 Å². The molecule has 0 saturated carbocycles. The van der Waals surface area contributed by atoms with E-state index in [1.807, 2.05) is 0 Å². The zero-order valence-electron chi connectivity index (χ0n) is 15.6. The topological polar surface area (TPSA) is 103 Å². The summed E-state index contributed by atoms with van der Waals surface area (Å²) >= 11 is 0. The first-order chi connectivity index (χ1) is 13.5. The molecule has 1 amide bonds. The summed E-state index contributed by atoms with van der Waals surface area (Å²) in [5, 5.41) is 12.0. The lowest BCUT2D eigenvalue weighted by atomic mass is 10.0. The van der Waals surface area contributed by atoms with E-state index in [2.05, 4.69) is 5.32 Å². The number of aliphatic carboxylic acids is 1. The summed E-state index contributed by atoms with van der Waals surface area (Å²) in [5.74, 6) is 0.401. The summed E-state index contributed by atoms with van der Waals surface area (Å²) in [5.41, 5.74) is 0.936. The number of amides is 1. The number of benzene rings is 2. The van der Waals surface area contributed by atoms with Crippen LogP contribution in [-0.2, 0) is 4.79 Å². The second-order valence-corrected chi connectivity index (χ2v) is 6.10. The van der Waals surface area contributed by atoms with Crippen LogP contribution in [0, 0.1) is 0 Å². The predicted octanol–water partition coefficient (Wildman–Crippen LogP) is 2.42. The molecule has 0 bridgehead atoms. The smallest absolute Gasteiger partial charge is 0.305 e. The summed E-state index contributed by atoms with van der Waals surface area (Å²) in [7, 11) is 3.01. The lowest BCUT2D eigenvalue weighted by Crippen LogP contribution is -2.30. The number of fused-ring (bicyclic) bond motifs is 1. The van der Waals surface area contributed by atoms with Gasteiger partial charge in [-0.25, -0.2) is 0 Å². The van der Waals surface area contributed by atoms with Crippen LogP contribution in [0.5, 0.6) is 23.0 Å².